The molecule has 17 heavy (non-hydrogen) atoms. The van der Waals surface area contributed by atoms with Gasteiger partial charge < -0.3 is 10.0 Å². The first-order chi connectivity index (χ1) is 8.00. The molecule has 2 heterocycles. The second kappa shape index (κ2) is 4.48. The highest BCUT2D eigenvalue weighted by atomic mass is 35.5. The van der Waals surface area contributed by atoms with E-state index in [4.69, 9.17) is 11.6 Å². The lowest BCUT2D eigenvalue weighted by molar-refractivity contribution is 0.425. The van der Waals surface area contributed by atoms with Crippen LogP contribution in [-0.4, -0.2) is 31.9 Å². The van der Waals surface area contributed by atoms with Crippen molar-refractivity contribution in [1.29, 1.82) is 0 Å². The summed E-state index contributed by atoms with van der Waals surface area (Å²) in [5.41, 5.74) is 1.58. The molecule has 0 aliphatic heterocycles. The molecule has 0 saturated heterocycles. The highest BCUT2D eigenvalue weighted by Gasteiger charge is 2.23. The average Bonchev–Trinajstić information content (AvgIpc) is 2.54. The number of aryl methyl sites for hydroxylation is 1. The number of hydrogen-bond acceptors (Lipinski definition) is 4. The van der Waals surface area contributed by atoms with Crippen LogP contribution in [0.3, 0.4) is 0 Å². The van der Waals surface area contributed by atoms with Crippen LogP contribution in [0.25, 0.3) is 5.82 Å². The molecule has 0 amide bonds. The molecule has 0 atom stereocenters. The van der Waals surface area contributed by atoms with E-state index in [-0.39, 0.29) is 0 Å². The number of nitrogens with zero attached hydrogens (tertiary/aromatic N) is 3. The molecule has 0 unspecified atom stereocenters. The predicted octanol–water partition coefficient (Wildman–Crippen LogP) is 0.217. The summed E-state index contributed by atoms with van der Waals surface area (Å²) in [6.45, 7) is 3.46. The summed E-state index contributed by atoms with van der Waals surface area (Å²) in [5, 5.41) is 23.1. The van der Waals surface area contributed by atoms with Gasteiger partial charge in [0.2, 0.25) is 0 Å². The normalized spacial score (nSPS) is 10.6. The number of hydrogen-bond donors (Lipinski definition) is 2. The minimum Gasteiger partial charge on any atom is -0.423 e. The van der Waals surface area contributed by atoms with Gasteiger partial charge in [0.15, 0.2) is 5.82 Å². The van der Waals surface area contributed by atoms with Gasteiger partial charge >= 0.3 is 7.12 Å². The van der Waals surface area contributed by atoms with E-state index in [1.54, 1.807) is 32.0 Å². The van der Waals surface area contributed by atoms with Crippen LogP contribution in [0.4, 0.5) is 0 Å². The van der Waals surface area contributed by atoms with Crippen molar-refractivity contribution in [1.82, 2.24) is 14.8 Å². The molecule has 5 nitrogen and oxygen atoms in total. The van der Waals surface area contributed by atoms with E-state index < -0.39 is 7.12 Å². The number of pyridine rings is 1. The van der Waals surface area contributed by atoms with Gasteiger partial charge in [0.25, 0.3) is 0 Å². The Bertz CT molecular complexity index is 556. The third kappa shape index (κ3) is 2.19. The minimum atomic E-state index is -1.54. The van der Waals surface area contributed by atoms with Gasteiger partial charge in [-0.3, -0.25) is 0 Å². The predicted molar refractivity (Wildman–Crippen MR) is 65.7 cm³/mol. The Kier molecular flexibility index (Phi) is 3.19. The van der Waals surface area contributed by atoms with Crippen LogP contribution in [0, 0.1) is 13.8 Å². The van der Waals surface area contributed by atoms with E-state index in [0.29, 0.717) is 27.8 Å². The van der Waals surface area contributed by atoms with Crippen LogP contribution in [0.1, 0.15) is 11.4 Å². The van der Waals surface area contributed by atoms with E-state index in [2.05, 4.69) is 10.1 Å². The molecule has 7 heteroatoms. The smallest absolute Gasteiger partial charge is 0.423 e. The molecule has 0 bridgehead atoms. The molecule has 0 aliphatic carbocycles. The van der Waals surface area contributed by atoms with Crippen molar-refractivity contribution in [3.05, 3.63) is 34.7 Å². The van der Waals surface area contributed by atoms with Crippen molar-refractivity contribution >= 4 is 24.2 Å². The molecule has 0 fully saturated rings. The van der Waals surface area contributed by atoms with E-state index in [1.165, 1.54) is 4.68 Å². The second-order valence-electron chi connectivity index (χ2n) is 3.69. The number of rotatable bonds is 2. The van der Waals surface area contributed by atoms with Crippen LogP contribution >= 0.6 is 11.6 Å². The monoisotopic (exact) mass is 251 g/mol. The lowest BCUT2D eigenvalue weighted by atomic mass is 9.78. The van der Waals surface area contributed by atoms with Crippen molar-refractivity contribution in [2.75, 3.05) is 0 Å². The van der Waals surface area contributed by atoms with Gasteiger partial charge in [0.05, 0.1) is 5.69 Å². The van der Waals surface area contributed by atoms with Crippen molar-refractivity contribution in [3.63, 3.8) is 0 Å². The summed E-state index contributed by atoms with van der Waals surface area (Å²) >= 11 is 5.81. The first-order valence-electron chi connectivity index (χ1n) is 5.06. The molecular weight excluding hydrogens is 240 g/mol. The van der Waals surface area contributed by atoms with Crippen LogP contribution < -0.4 is 5.46 Å². The lowest BCUT2D eigenvalue weighted by Gasteiger charge is -2.04. The van der Waals surface area contributed by atoms with Crippen LogP contribution in [-0.2, 0) is 0 Å². The molecule has 2 aromatic heterocycles. The summed E-state index contributed by atoms with van der Waals surface area (Å²) in [5.74, 6) is 0.546. The standard InChI is InChI=1S/C10H11BClN3O2/c1-6-10(11(16)17)7(2)15(14-6)9-5-3-4-8(12)13-9/h3-5,16-17H,1-2H3. The summed E-state index contributed by atoms with van der Waals surface area (Å²) in [4.78, 5) is 4.12. The Morgan fingerprint density at radius 1 is 1.29 bits per heavy atom. The molecule has 0 aliphatic rings. The maximum absolute atomic E-state index is 9.26. The zero-order valence-electron chi connectivity index (χ0n) is 9.42. The Morgan fingerprint density at radius 2 is 2.00 bits per heavy atom. The molecule has 2 N–H and O–H groups in total. The number of halogens is 1. The van der Waals surface area contributed by atoms with E-state index >= 15 is 0 Å². The quantitative estimate of drug-likeness (QED) is 0.592. The number of aromatic nitrogens is 3. The topological polar surface area (TPSA) is 71.2 Å². The largest absolute Gasteiger partial charge is 0.492 e. The zero-order chi connectivity index (χ0) is 12.6. The van der Waals surface area contributed by atoms with Gasteiger partial charge in [-0.05, 0) is 26.0 Å². The maximum atomic E-state index is 9.26. The summed E-state index contributed by atoms with van der Waals surface area (Å²) in [7, 11) is -1.54. The molecule has 0 aromatic carbocycles. The fourth-order valence-corrected chi connectivity index (χ4v) is 1.93. The first-order valence-corrected chi connectivity index (χ1v) is 5.43. The van der Waals surface area contributed by atoms with Crippen LogP contribution in [0.5, 0.6) is 0 Å². The van der Waals surface area contributed by atoms with Crippen molar-refractivity contribution in [2.45, 2.75) is 13.8 Å². The highest BCUT2D eigenvalue weighted by molar-refractivity contribution is 6.59. The van der Waals surface area contributed by atoms with E-state index in [9.17, 15) is 10.0 Å². The lowest BCUT2D eigenvalue weighted by Crippen LogP contribution is -2.33. The van der Waals surface area contributed by atoms with Gasteiger partial charge in [-0.1, -0.05) is 17.7 Å². The van der Waals surface area contributed by atoms with Crippen molar-refractivity contribution in [3.8, 4) is 5.82 Å². The molecule has 0 radical (unpaired) electrons. The Morgan fingerprint density at radius 3 is 2.53 bits per heavy atom. The minimum absolute atomic E-state index is 0.362. The second-order valence-corrected chi connectivity index (χ2v) is 4.08. The molecule has 88 valence electrons. The SMILES string of the molecule is Cc1nn(-c2cccc(Cl)n2)c(C)c1B(O)O. The highest BCUT2D eigenvalue weighted by Crippen LogP contribution is 2.11. The van der Waals surface area contributed by atoms with Gasteiger partial charge in [0.1, 0.15) is 5.15 Å². The van der Waals surface area contributed by atoms with Crippen molar-refractivity contribution < 1.29 is 10.0 Å². The van der Waals surface area contributed by atoms with Crippen LogP contribution in [0.15, 0.2) is 18.2 Å². The van der Waals surface area contributed by atoms with Gasteiger partial charge in [-0.2, -0.15) is 5.10 Å². The third-order valence-corrected chi connectivity index (χ3v) is 2.73. The fourth-order valence-electron chi connectivity index (χ4n) is 1.77. The Hall–Kier alpha value is -1.37. The molecule has 2 rings (SSSR count). The average molecular weight is 251 g/mol. The van der Waals surface area contributed by atoms with Crippen molar-refractivity contribution in [2.24, 2.45) is 0 Å². The molecule has 2 aromatic rings. The molecule has 0 saturated carbocycles. The maximum Gasteiger partial charge on any atom is 0.492 e. The Balaban J connectivity index is 2.58. The van der Waals surface area contributed by atoms with Gasteiger partial charge in [-0.15, -0.1) is 0 Å². The third-order valence-electron chi connectivity index (χ3n) is 2.52. The zero-order valence-corrected chi connectivity index (χ0v) is 10.2. The van der Waals surface area contributed by atoms with Gasteiger partial charge in [-0.25, -0.2) is 9.67 Å². The summed E-state index contributed by atoms with van der Waals surface area (Å²) in [6.07, 6.45) is 0. The fraction of sp³-hybridized carbons (Fsp3) is 0.200. The van der Waals surface area contributed by atoms with Gasteiger partial charge in [0, 0.05) is 11.2 Å². The van der Waals surface area contributed by atoms with Crippen LogP contribution in [0.2, 0.25) is 5.15 Å². The Labute approximate surface area is 104 Å². The first kappa shape index (κ1) is 12.1. The summed E-state index contributed by atoms with van der Waals surface area (Å²) < 4.78 is 1.54. The molecule has 0 spiro atoms. The molecular formula is C10H11BClN3O2. The summed E-state index contributed by atoms with van der Waals surface area (Å²) in [6, 6.07) is 5.17. The van der Waals surface area contributed by atoms with E-state index in [1.807, 2.05) is 0 Å². The van der Waals surface area contributed by atoms with E-state index in [0.717, 1.165) is 0 Å².